The molecule has 8 heteroatoms. The fourth-order valence-electron chi connectivity index (χ4n) is 2.08. The van der Waals surface area contributed by atoms with Crippen LogP contribution in [0.15, 0.2) is 42.5 Å². The van der Waals surface area contributed by atoms with Crippen LogP contribution in [0.5, 0.6) is 17.2 Å². The predicted octanol–water partition coefficient (Wildman–Crippen LogP) is 3.53. The predicted molar refractivity (Wildman–Crippen MR) is 83.8 cm³/mol. The number of amides is 1. The molecule has 0 atom stereocenters. The van der Waals surface area contributed by atoms with Crippen molar-refractivity contribution in [2.75, 3.05) is 14.2 Å². The van der Waals surface area contributed by atoms with Gasteiger partial charge in [-0.05, 0) is 42.0 Å². The summed E-state index contributed by atoms with van der Waals surface area (Å²) in [6, 6.07) is 9.87. The molecule has 0 radical (unpaired) electrons. The van der Waals surface area contributed by atoms with E-state index in [-0.39, 0.29) is 17.9 Å². The molecule has 0 fully saturated rings. The summed E-state index contributed by atoms with van der Waals surface area (Å²) in [7, 11) is 3.02. The van der Waals surface area contributed by atoms with E-state index in [1.165, 1.54) is 26.4 Å². The minimum absolute atomic E-state index is 0.218. The van der Waals surface area contributed by atoms with E-state index in [0.717, 1.165) is 17.7 Å². The number of methoxy groups -OCH3 is 2. The standard InChI is InChI=1S/C17H16F3NO4/c1-23-14-8-3-11(9-15(14)24-2)10-21-16(22)12-4-6-13(7-5-12)25-17(18,19)20/h3-9H,10H2,1-2H3,(H,21,22). The van der Waals surface area contributed by atoms with Crippen molar-refractivity contribution in [2.24, 2.45) is 0 Å². The molecule has 5 nitrogen and oxygen atoms in total. The Kier molecular flexibility index (Phi) is 5.74. The molecular weight excluding hydrogens is 339 g/mol. The zero-order valence-corrected chi connectivity index (χ0v) is 13.5. The van der Waals surface area contributed by atoms with E-state index < -0.39 is 12.3 Å². The number of carbonyl (C=O) groups is 1. The van der Waals surface area contributed by atoms with Gasteiger partial charge >= 0.3 is 6.36 Å². The lowest BCUT2D eigenvalue weighted by Gasteiger charge is -2.11. The number of rotatable bonds is 6. The maximum atomic E-state index is 12.1. The van der Waals surface area contributed by atoms with E-state index >= 15 is 0 Å². The first-order valence-corrected chi connectivity index (χ1v) is 7.17. The van der Waals surface area contributed by atoms with E-state index in [1.54, 1.807) is 18.2 Å². The number of benzene rings is 2. The molecule has 1 N–H and O–H groups in total. The molecule has 0 aromatic heterocycles. The molecular formula is C17H16F3NO4. The minimum atomic E-state index is -4.77. The quantitative estimate of drug-likeness (QED) is 0.861. The number of alkyl halides is 3. The Balaban J connectivity index is 1.98. The average molecular weight is 355 g/mol. The van der Waals surface area contributed by atoms with Crippen molar-refractivity contribution in [3.05, 3.63) is 53.6 Å². The Hall–Kier alpha value is -2.90. The summed E-state index contributed by atoms with van der Waals surface area (Å²) in [6.45, 7) is 0.222. The molecule has 0 spiro atoms. The van der Waals surface area contributed by atoms with Gasteiger partial charge < -0.3 is 19.5 Å². The van der Waals surface area contributed by atoms with Gasteiger partial charge in [-0.15, -0.1) is 13.2 Å². The Morgan fingerprint density at radius 1 is 1.00 bits per heavy atom. The topological polar surface area (TPSA) is 56.8 Å². The van der Waals surface area contributed by atoms with Gasteiger partial charge in [0.2, 0.25) is 0 Å². The highest BCUT2D eigenvalue weighted by atomic mass is 19.4. The number of hydrogen-bond donors (Lipinski definition) is 1. The van der Waals surface area contributed by atoms with E-state index in [1.807, 2.05) is 0 Å². The maximum Gasteiger partial charge on any atom is 0.573 e. The first-order valence-electron chi connectivity index (χ1n) is 7.17. The van der Waals surface area contributed by atoms with Crippen LogP contribution in [0.3, 0.4) is 0 Å². The first kappa shape index (κ1) is 18.4. The van der Waals surface area contributed by atoms with Crippen LogP contribution in [0.1, 0.15) is 15.9 Å². The van der Waals surface area contributed by atoms with Crippen molar-refractivity contribution in [2.45, 2.75) is 12.9 Å². The van der Waals surface area contributed by atoms with Gasteiger partial charge in [0.1, 0.15) is 5.75 Å². The van der Waals surface area contributed by atoms with Crippen LogP contribution >= 0.6 is 0 Å². The van der Waals surface area contributed by atoms with Crippen molar-refractivity contribution < 1.29 is 32.2 Å². The van der Waals surface area contributed by atoms with Crippen molar-refractivity contribution in [3.63, 3.8) is 0 Å². The molecule has 0 bridgehead atoms. The average Bonchev–Trinajstić information content (AvgIpc) is 2.58. The van der Waals surface area contributed by atoms with Crippen LogP contribution in [-0.4, -0.2) is 26.5 Å². The third kappa shape index (κ3) is 5.30. The summed E-state index contributed by atoms with van der Waals surface area (Å²) in [4.78, 5) is 12.1. The maximum absolute atomic E-state index is 12.1. The van der Waals surface area contributed by atoms with Gasteiger partial charge in [0.15, 0.2) is 11.5 Å². The van der Waals surface area contributed by atoms with Crippen LogP contribution in [0, 0.1) is 0 Å². The molecule has 0 saturated carbocycles. The molecule has 25 heavy (non-hydrogen) atoms. The molecule has 2 aromatic rings. The number of nitrogens with one attached hydrogen (secondary N) is 1. The van der Waals surface area contributed by atoms with Crippen LogP contribution in [0.2, 0.25) is 0 Å². The largest absolute Gasteiger partial charge is 0.573 e. The second kappa shape index (κ2) is 7.78. The molecule has 0 heterocycles. The summed E-state index contributed by atoms with van der Waals surface area (Å²) in [5.74, 6) is 0.290. The third-order valence-electron chi connectivity index (χ3n) is 3.25. The summed E-state index contributed by atoms with van der Waals surface area (Å²) < 4.78 is 50.4. The summed E-state index contributed by atoms with van der Waals surface area (Å²) >= 11 is 0. The van der Waals surface area contributed by atoms with Crippen molar-refractivity contribution in [3.8, 4) is 17.2 Å². The monoisotopic (exact) mass is 355 g/mol. The van der Waals surface area contributed by atoms with Crippen molar-refractivity contribution >= 4 is 5.91 Å². The highest BCUT2D eigenvalue weighted by Crippen LogP contribution is 2.27. The SMILES string of the molecule is COc1ccc(CNC(=O)c2ccc(OC(F)(F)F)cc2)cc1OC. The van der Waals surface area contributed by atoms with Gasteiger partial charge in [0.25, 0.3) is 5.91 Å². The normalized spacial score (nSPS) is 10.9. The molecule has 0 saturated heterocycles. The van der Waals surface area contributed by atoms with E-state index in [2.05, 4.69) is 10.1 Å². The number of ether oxygens (including phenoxy) is 3. The van der Waals surface area contributed by atoms with Crippen molar-refractivity contribution in [1.29, 1.82) is 0 Å². The smallest absolute Gasteiger partial charge is 0.493 e. The Labute approximate surface area is 142 Å². The molecule has 2 rings (SSSR count). The van der Waals surface area contributed by atoms with Crippen LogP contribution in [0.25, 0.3) is 0 Å². The first-order chi connectivity index (χ1) is 11.8. The molecule has 0 aliphatic carbocycles. The van der Waals surface area contributed by atoms with Crippen LogP contribution in [-0.2, 0) is 6.54 Å². The lowest BCUT2D eigenvalue weighted by Crippen LogP contribution is -2.23. The molecule has 134 valence electrons. The fourth-order valence-corrected chi connectivity index (χ4v) is 2.08. The minimum Gasteiger partial charge on any atom is -0.493 e. The van der Waals surface area contributed by atoms with Crippen LogP contribution < -0.4 is 19.5 Å². The third-order valence-corrected chi connectivity index (χ3v) is 3.25. The zero-order valence-electron chi connectivity index (χ0n) is 13.5. The second-order valence-corrected chi connectivity index (χ2v) is 4.94. The Morgan fingerprint density at radius 3 is 2.20 bits per heavy atom. The summed E-state index contributed by atoms with van der Waals surface area (Å²) in [5, 5.41) is 2.67. The van der Waals surface area contributed by atoms with Gasteiger partial charge in [-0.2, -0.15) is 0 Å². The van der Waals surface area contributed by atoms with Crippen molar-refractivity contribution in [1.82, 2.24) is 5.32 Å². The van der Waals surface area contributed by atoms with E-state index in [4.69, 9.17) is 9.47 Å². The van der Waals surface area contributed by atoms with Gasteiger partial charge in [-0.1, -0.05) is 6.07 Å². The second-order valence-electron chi connectivity index (χ2n) is 4.94. The lowest BCUT2D eigenvalue weighted by molar-refractivity contribution is -0.274. The van der Waals surface area contributed by atoms with Crippen LogP contribution in [0.4, 0.5) is 13.2 Å². The fraction of sp³-hybridized carbons (Fsp3) is 0.235. The Bertz CT molecular complexity index is 730. The number of hydrogen-bond acceptors (Lipinski definition) is 4. The van der Waals surface area contributed by atoms with Gasteiger partial charge in [-0.3, -0.25) is 4.79 Å². The molecule has 2 aromatic carbocycles. The zero-order chi connectivity index (χ0) is 18.4. The Morgan fingerprint density at radius 2 is 1.64 bits per heavy atom. The summed E-state index contributed by atoms with van der Waals surface area (Å²) in [6.07, 6.45) is -4.77. The highest BCUT2D eigenvalue weighted by Gasteiger charge is 2.31. The number of halogens is 3. The van der Waals surface area contributed by atoms with Gasteiger partial charge in [0, 0.05) is 12.1 Å². The molecule has 0 aliphatic rings. The summed E-state index contributed by atoms with van der Waals surface area (Å²) in [5.41, 5.74) is 0.998. The van der Waals surface area contributed by atoms with Gasteiger partial charge in [-0.25, -0.2) is 0 Å². The lowest BCUT2D eigenvalue weighted by atomic mass is 10.1. The molecule has 0 aliphatic heterocycles. The molecule has 1 amide bonds. The number of carbonyl (C=O) groups excluding carboxylic acids is 1. The van der Waals surface area contributed by atoms with E-state index in [0.29, 0.717) is 11.5 Å². The van der Waals surface area contributed by atoms with Gasteiger partial charge in [0.05, 0.1) is 14.2 Å². The highest BCUT2D eigenvalue weighted by molar-refractivity contribution is 5.94. The molecule has 0 unspecified atom stereocenters. The van der Waals surface area contributed by atoms with E-state index in [9.17, 15) is 18.0 Å².